The molecule has 0 unspecified atom stereocenters. The number of rotatable bonds is 53. The van der Waals surface area contributed by atoms with E-state index >= 15 is 0 Å². The predicted octanol–water partition coefficient (Wildman–Crippen LogP) is -1.18. The molecule has 0 aromatic heterocycles. The van der Waals surface area contributed by atoms with E-state index in [1.54, 1.807) is 83.1 Å². The van der Waals surface area contributed by atoms with Crippen LogP contribution in [0, 0.1) is 35.5 Å². The molecule has 23 N–H and O–H groups in total. The average molecular weight is 1430 g/mol. The first-order valence-corrected chi connectivity index (χ1v) is 34.7. The van der Waals surface area contributed by atoms with E-state index in [4.69, 9.17) is 22.9 Å². The van der Waals surface area contributed by atoms with E-state index in [0.29, 0.717) is 32.2 Å². The molecule has 0 saturated heterocycles. The first-order chi connectivity index (χ1) is 46.7. The van der Waals surface area contributed by atoms with Crippen molar-refractivity contribution in [2.24, 2.45) is 58.4 Å². The summed E-state index contributed by atoms with van der Waals surface area (Å²) in [5, 5.41) is 66.8. The summed E-state index contributed by atoms with van der Waals surface area (Å²) >= 11 is 0. The fraction of sp³-hybridized carbons (Fsp3) is 0.773. The molecule has 0 aromatic carbocycles. The topological polar surface area (TPSA) is 573 Å². The maximum absolute atomic E-state index is 14.5. The number of unbranched alkanes of at least 4 members (excludes halogenated alkanes) is 3. The Balaban J connectivity index is 7.12. The molecule has 0 aliphatic rings. The molecule has 12 atom stereocenters. The van der Waals surface area contributed by atoms with Gasteiger partial charge in [-0.2, -0.15) is 0 Å². The van der Waals surface area contributed by atoms with Gasteiger partial charge in [-0.05, 0) is 145 Å². The lowest BCUT2D eigenvalue weighted by Gasteiger charge is -2.29. The predicted molar refractivity (Wildman–Crippen MR) is 369 cm³/mol. The molecule has 0 saturated carbocycles. The van der Waals surface area contributed by atoms with Crippen molar-refractivity contribution in [2.45, 2.75) is 271 Å². The van der Waals surface area contributed by atoms with Gasteiger partial charge in [-0.15, -0.1) is 0 Å². The second-order valence-electron chi connectivity index (χ2n) is 28.0. The summed E-state index contributed by atoms with van der Waals surface area (Å²) in [6.07, 6.45) is -0.842. The third-order valence-corrected chi connectivity index (χ3v) is 15.5. The van der Waals surface area contributed by atoms with Crippen LogP contribution >= 0.6 is 0 Å². The number of hydrogen-bond acceptors (Lipinski definition) is 19. The van der Waals surface area contributed by atoms with Gasteiger partial charge in [0.1, 0.15) is 66.5 Å². The van der Waals surface area contributed by atoms with Gasteiger partial charge >= 0.3 is 23.9 Å². The minimum Gasteiger partial charge on any atom is -0.481 e. The van der Waals surface area contributed by atoms with E-state index in [9.17, 15) is 92.3 Å². The first-order valence-electron chi connectivity index (χ1n) is 34.7. The van der Waals surface area contributed by atoms with E-state index in [1.165, 1.54) is 0 Å². The number of nitrogens with two attached hydrogens (primary N) is 4. The smallest absolute Gasteiger partial charge is 0.326 e. The van der Waals surface area contributed by atoms with Crippen LogP contribution in [0.3, 0.4) is 0 Å². The molecule has 0 aliphatic carbocycles. The second kappa shape index (κ2) is 48.6. The quantitative estimate of drug-likeness (QED) is 0.0319. The number of carbonyl (C=O) groups excluding carboxylic acids is 11. The molecule has 0 heterocycles. The number of carboxylic acids is 4. The highest BCUT2D eigenvalue weighted by Gasteiger charge is 2.39. The molecule has 34 nitrogen and oxygen atoms in total. The van der Waals surface area contributed by atoms with Crippen LogP contribution in [0.4, 0.5) is 0 Å². The zero-order chi connectivity index (χ0) is 76.7. The molecular formula is C66H119N15O19. The Bertz CT molecular complexity index is 2680. The summed E-state index contributed by atoms with van der Waals surface area (Å²) in [6.45, 7) is 21.3. The highest BCUT2D eigenvalue weighted by molar-refractivity contribution is 6.00. The van der Waals surface area contributed by atoms with Crippen molar-refractivity contribution in [2.75, 3.05) is 19.6 Å². The number of amides is 11. The molecule has 0 fully saturated rings. The maximum Gasteiger partial charge on any atom is 0.326 e. The van der Waals surface area contributed by atoms with Gasteiger partial charge in [0, 0.05) is 0 Å². The zero-order valence-corrected chi connectivity index (χ0v) is 60.5. The Hall–Kier alpha value is -8.11. The summed E-state index contributed by atoms with van der Waals surface area (Å²) in [6, 6.07) is -18.0. The Labute approximate surface area is 586 Å². The summed E-state index contributed by atoms with van der Waals surface area (Å²) in [5.74, 6) is -18.4. The Kier molecular flexibility index (Phi) is 44.7. The van der Waals surface area contributed by atoms with E-state index in [0.717, 1.165) is 0 Å². The summed E-state index contributed by atoms with van der Waals surface area (Å²) in [4.78, 5) is 203. The van der Waals surface area contributed by atoms with Gasteiger partial charge in [-0.3, -0.25) is 67.1 Å². The fourth-order valence-corrected chi connectivity index (χ4v) is 10.5. The summed E-state index contributed by atoms with van der Waals surface area (Å²) in [5.41, 5.74) is 23.2. The van der Waals surface area contributed by atoms with E-state index in [2.05, 4.69) is 58.5 Å². The van der Waals surface area contributed by atoms with E-state index < -0.39 is 181 Å². The second-order valence-corrected chi connectivity index (χ2v) is 28.0. The van der Waals surface area contributed by atoms with Crippen molar-refractivity contribution < 1.29 is 92.3 Å². The average Bonchev–Trinajstić information content (AvgIpc) is 0.856. The van der Waals surface area contributed by atoms with Gasteiger partial charge in [-0.1, -0.05) is 89.5 Å². The number of carboxylic acid groups (broad SMARTS) is 4. The molecule has 11 amide bonds. The molecule has 0 aliphatic heterocycles. The lowest BCUT2D eigenvalue weighted by molar-refractivity contribution is -0.144. The molecule has 34 heteroatoms. The third-order valence-electron chi connectivity index (χ3n) is 15.5. The monoisotopic (exact) mass is 1430 g/mol. The lowest BCUT2D eigenvalue weighted by Crippen LogP contribution is -2.61. The highest BCUT2D eigenvalue weighted by atomic mass is 16.4. The van der Waals surface area contributed by atoms with Crippen LogP contribution in [0.1, 0.15) is 199 Å². The summed E-state index contributed by atoms with van der Waals surface area (Å²) < 4.78 is 0. The van der Waals surface area contributed by atoms with Crippen LogP contribution < -0.4 is 81.4 Å². The first kappa shape index (κ1) is 91.9. The number of aliphatic carboxylic acids is 4. The molecule has 0 aromatic rings. The van der Waals surface area contributed by atoms with Crippen molar-refractivity contribution in [3.63, 3.8) is 0 Å². The largest absolute Gasteiger partial charge is 0.481 e. The van der Waals surface area contributed by atoms with Crippen molar-refractivity contribution in [1.82, 2.24) is 58.5 Å². The Morgan fingerprint density at radius 2 is 0.430 bits per heavy atom. The number of carbonyl (C=O) groups is 15. The summed E-state index contributed by atoms with van der Waals surface area (Å²) in [7, 11) is 0. The normalized spacial score (nSPS) is 15.1. The van der Waals surface area contributed by atoms with Crippen molar-refractivity contribution >= 4 is 88.9 Å². The lowest BCUT2D eigenvalue weighted by atomic mass is 9.99. The molecule has 572 valence electrons. The molecule has 0 spiro atoms. The molecule has 0 bridgehead atoms. The van der Waals surface area contributed by atoms with Gasteiger partial charge in [0.2, 0.25) is 65.0 Å². The minimum absolute atomic E-state index is 0.0209. The molecule has 0 rings (SSSR count). The van der Waals surface area contributed by atoms with Gasteiger partial charge in [-0.25, -0.2) is 4.79 Å². The van der Waals surface area contributed by atoms with Gasteiger partial charge in [0.15, 0.2) is 0 Å². The molecule has 100 heavy (non-hydrogen) atoms. The fourth-order valence-electron chi connectivity index (χ4n) is 10.5. The number of hydrogen-bond donors (Lipinski definition) is 19. The Morgan fingerprint density at radius 1 is 0.250 bits per heavy atom. The Morgan fingerprint density at radius 3 is 0.650 bits per heavy atom. The van der Waals surface area contributed by atoms with Crippen LogP contribution in [0.2, 0.25) is 0 Å². The van der Waals surface area contributed by atoms with Crippen molar-refractivity contribution in [3.8, 4) is 0 Å². The van der Waals surface area contributed by atoms with Crippen LogP contribution in [-0.2, 0) is 71.9 Å². The minimum atomic E-state index is -1.92. The standard InChI is InChI=1S/C66H119N15O19/c1-34(2)25-43(73-55(88)40(70)19-13-16-22-67)60(93)78-48(31-52(82)83)63(96)76-44(26-35(3)4)58(91)71-41(20-14-17-23-68)56(89)74-46(28-37(7)8)61(94)79-49(32-53(84)85)64(97)77-45(27-36(5)6)59(92)72-42(21-15-18-24-69)57(90)75-47(29-38(9)10)62(95)80-50(33-54(86)87)65(98)81-51(66(99)100)30-39(11)12/h34-51H,13-33,67-70H2,1-12H3,(H,71,91)(H,72,92)(H,73,88)(H,74,89)(H,75,90)(H,76,96)(H,77,97)(H,78,93)(H,79,94)(H,80,95)(H,81,98)(H,82,83)(H,84,85)(H,86,87)(H,99,100)/t40-,41-,42-,43-,44-,45-,46-,47-,48-,49-,50-,51-/m0/s1. The van der Waals surface area contributed by atoms with Crippen LogP contribution in [0.15, 0.2) is 0 Å². The highest BCUT2D eigenvalue weighted by Crippen LogP contribution is 2.16. The van der Waals surface area contributed by atoms with Crippen molar-refractivity contribution in [3.05, 3.63) is 0 Å². The molecule has 0 radical (unpaired) electrons. The van der Waals surface area contributed by atoms with Crippen molar-refractivity contribution in [1.29, 1.82) is 0 Å². The maximum atomic E-state index is 14.5. The number of nitrogens with one attached hydrogen (secondary N) is 11. The van der Waals surface area contributed by atoms with Crippen LogP contribution in [-0.4, -0.2) is 201 Å². The SMILES string of the molecule is CC(C)C[C@H](NC(=O)[C@H](CC(=O)O)NC(=O)[C@H](CC(C)C)NC(=O)[C@H](CCCCN)NC(=O)[C@H](CC(C)C)NC(=O)[C@H](CC(=O)O)NC(=O)[C@H](CC(C)C)NC(=O)[C@H](CCCCN)NC(=O)[C@H](CC(C)C)NC(=O)[C@H](CC(=O)O)NC(=O)[C@H](CC(C)C)NC(=O)[C@@H](N)CCCCN)C(=O)O. The third kappa shape index (κ3) is 39.0. The van der Waals surface area contributed by atoms with Gasteiger partial charge < -0.3 is 102 Å². The van der Waals surface area contributed by atoms with Gasteiger partial charge in [0.05, 0.1) is 25.3 Å². The van der Waals surface area contributed by atoms with Crippen LogP contribution in [0.5, 0.6) is 0 Å². The molecular weight excluding hydrogens is 1310 g/mol. The van der Waals surface area contributed by atoms with Crippen LogP contribution in [0.25, 0.3) is 0 Å². The van der Waals surface area contributed by atoms with E-state index in [-0.39, 0.29) is 119 Å². The van der Waals surface area contributed by atoms with Gasteiger partial charge in [0.25, 0.3) is 0 Å². The van der Waals surface area contributed by atoms with E-state index in [1.807, 2.05) is 0 Å². The zero-order valence-electron chi connectivity index (χ0n) is 60.5.